The van der Waals surface area contributed by atoms with E-state index in [0.717, 1.165) is 37.1 Å². The van der Waals surface area contributed by atoms with Gasteiger partial charge in [-0.1, -0.05) is 24.3 Å². The molecule has 0 saturated carbocycles. The Balaban J connectivity index is 1.72. The third-order valence-electron chi connectivity index (χ3n) is 4.83. The number of ether oxygens (including phenoxy) is 1. The van der Waals surface area contributed by atoms with Gasteiger partial charge in [-0.05, 0) is 62.9 Å². The number of carbonyl (C=O) groups excluding carboxylic acids is 2. The zero-order valence-corrected chi connectivity index (χ0v) is 16.1. The van der Waals surface area contributed by atoms with Crippen molar-refractivity contribution in [3.8, 4) is 5.75 Å². The second-order valence-corrected chi connectivity index (χ2v) is 7.06. The fraction of sp³-hybridized carbons (Fsp3) is 0.364. The largest absolute Gasteiger partial charge is 0.481 e. The molecule has 142 valence electrons. The minimum atomic E-state index is -0.680. The first-order valence-electron chi connectivity index (χ1n) is 9.39. The highest BCUT2D eigenvalue weighted by molar-refractivity contribution is 6.04. The zero-order chi connectivity index (χ0) is 19.4. The van der Waals surface area contributed by atoms with Crippen LogP contribution < -0.4 is 10.1 Å². The van der Waals surface area contributed by atoms with Crippen LogP contribution in [0.15, 0.2) is 42.5 Å². The van der Waals surface area contributed by atoms with Gasteiger partial charge in [-0.15, -0.1) is 0 Å². The number of hydrogen-bond donors (Lipinski definition) is 1. The summed E-state index contributed by atoms with van der Waals surface area (Å²) in [5.41, 5.74) is 3.09. The average Bonchev–Trinajstić information content (AvgIpc) is 3.19. The molecule has 0 bridgehead atoms. The molecule has 0 aliphatic carbocycles. The van der Waals surface area contributed by atoms with Crippen LogP contribution in [0.4, 0.5) is 5.69 Å². The van der Waals surface area contributed by atoms with Gasteiger partial charge in [0.15, 0.2) is 6.10 Å². The van der Waals surface area contributed by atoms with Gasteiger partial charge in [-0.2, -0.15) is 0 Å². The summed E-state index contributed by atoms with van der Waals surface area (Å²) in [6, 6.07) is 13.0. The number of aryl methyl sites for hydroxylation is 2. The molecule has 1 N–H and O–H groups in total. The van der Waals surface area contributed by atoms with Crippen molar-refractivity contribution in [3.63, 3.8) is 0 Å². The van der Waals surface area contributed by atoms with Crippen molar-refractivity contribution in [2.24, 2.45) is 0 Å². The Morgan fingerprint density at radius 1 is 1.07 bits per heavy atom. The number of likely N-dealkylation sites (tertiary alicyclic amines) is 1. The second kappa shape index (κ2) is 8.25. The minimum absolute atomic E-state index is 0.0356. The van der Waals surface area contributed by atoms with Gasteiger partial charge < -0.3 is 15.0 Å². The molecule has 1 fully saturated rings. The summed E-state index contributed by atoms with van der Waals surface area (Å²) < 4.78 is 5.85. The number of carbonyl (C=O) groups is 2. The highest BCUT2D eigenvalue weighted by Crippen LogP contribution is 2.23. The maximum atomic E-state index is 12.7. The SMILES string of the molecule is Cc1ccc(C)c(O[C@@H](C)C(=O)Nc2ccccc2C(=O)N2CCCC2)c1. The molecular weight excluding hydrogens is 340 g/mol. The Hall–Kier alpha value is -2.82. The van der Waals surface area contributed by atoms with E-state index in [9.17, 15) is 9.59 Å². The third-order valence-corrected chi connectivity index (χ3v) is 4.83. The van der Waals surface area contributed by atoms with Crippen molar-refractivity contribution in [2.75, 3.05) is 18.4 Å². The lowest BCUT2D eigenvalue weighted by atomic mass is 10.1. The third kappa shape index (κ3) is 4.48. The molecule has 5 heteroatoms. The number of para-hydroxylation sites is 1. The lowest BCUT2D eigenvalue weighted by Crippen LogP contribution is -2.32. The quantitative estimate of drug-likeness (QED) is 0.872. The highest BCUT2D eigenvalue weighted by Gasteiger charge is 2.23. The van der Waals surface area contributed by atoms with E-state index in [1.807, 2.05) is 49.1 Å². The first-order valence-corrected chi connectivity index (χ1v) is 9.39. The summed E-state index contributed by atoms with van der Waals surface area (Å²) in [7, 11) is 0. The van der Waals surface area contributed by atoms with Gasteiger partial charge in [0.2, 0.25) is 0 Å². The van der Waals surface area contributed by atoms with Crippen molar-refractivity contribution in [1.82, 2.24) is 4.90 Å². The number of nitrogens with zero attached hydrogens (tertiary/aromatic N) is 1. The average molecular weight is 366 g/mol. The summed E-state index contributed by atoms with van der Waals surface area (Å²) in [5, 5.41) is 2.86. The molecule has 5 nitrogen and oxygen atoms in total. The zero-order valence-electron chi connectivity index (χ0n) is 16.1. The van der Waals surface area contributed by atoms with Crippen LogP contribution in [-0.4, -0.2) is 35.9 Å². The fourth-order valence-electron chi connectivity index (χ4n) is 3.18. The van der Waals surface area contributed by atoms with Crippen molar-refractivity contribution in [3.05, 3.63) is 59.2 Å². The van der Waals surface area contributed by atoms with E-state index in [4.69, 9.17) is 4.74 Å². The van der Waals surface area contributed by atoms with E-state index in [1.165, 1.54) is 0 Å². The summed E-state index contributed by atoms with van der Waals surface area (Å²) in [4.78, 5) is 27.2. The number of hydrogen-bond acceptors (Lipinski definition) is 3. The van der Waals surface area contributed by atoms with E-state index < -0.39 is 6.10 Å². The normalized spacial score (nSPS) is 14.7. The van der Waals surface area contributed by atoms with Gasteiger partial charge in [0.1, 0.15) is 5.75 Å². The van der Waals surface area contributed by atoms with Gasteiger partial charge in [0.25, 0.3) is 11.8 Å². The Bertz CT molecular complexity index is 841. The molecule has 2 amide bonds. The van der Waals surface area contributed by atoms with Crippen LogP contribution >= 0.6 is 0 Å². The van der Waals surface area contributed by atoms with E-state index in [-0.39, 0.29) is 11.8 Å². The molecule has 0 radical (unpaired) electrons. The summed E-state index contributed by atoms with van der Waals surface area (Å²) in [6.45, 7) is 7.18. The second-order valence-electron chi connectivity index (χ2n) is 7.06. The summed E-state index contributed by atoms with van der Waals surface area (Å²) in [5.74, 6) is 0.378. The Morgan fingerprint density at radius 2 is 1.78 bits per heavy atom. The Morgan fingerprint density at radius 3 is 2.52 bits per heavy atom. The van der Waals surface area contributed by atoms with Crippen LogP contribution in [0.5, 0.6) is 5.75 Å². The fourth-order valence-corrected chi connectivity index (χ4v) is 3.18. The summed E-state index contributed by atoms with van der Waals surface area (Å²) in [6.07, 6.45) is 1.38. The van der Waals surface area contributed by atoms with Crippen molar-refractivity contribution in [2.45, 2.75) is 39.7 Å². The summed E-state index contributed by atoms with van der Waals surface area (Å²) >= 11 is 0. The number of rotatable bonds is 5. The van der Waals surface area contributed by atoms with Gasteiger partial charge in [-0.3, -0.25) is 9.59 Å². The maximum Gasteiger partial charge on any atom is 0.265 e. The van der Waals surface area contributed by atoms with Crippen LogP contribution in [0.1, 0.15) is 41.3 Å². The van der Waals surface area contributed by atoms with Crippen molar-refractivity contribution < 1.29 is 14.3 Å². The van der Waals surface area contributed by atoms with Crippen LogP contribution in [0, 0.1) is 13.8 Å². The first kappa shape index (κ1) is 19.0. The number of benzene rings is 2. The standard InChI is InChI=1S/C22H26N2O3/c1-15-10-11-16(2)20(14-15)27-17(3)21(25)23-19-9-5-4-8-18(19)22(26)24-12-6-7-13-24/h4-5,8-11,14,17H,6-7,12-13H2,1-3H3,(H,23,25)/t17-/m0/s1. The first-order chi connectivity index (χ1) is 13.0. The van der Waals surface area contributed by atoms with Crippen LogP contribution in [0.25, 0.3) is 0 Å². The van der Waals surface area contributed by atoms with E-state index in [2.05, 4.69) is 5.32 Å². The Kier molecular flexibility index (Phi) is 5.79. The Labute approximate surface area is 160 Å². The van der Waals surface area contributed by atoms with Crippen LogP contribution in [0.3, 0.4) is 0 Å². The van der Waals surface area contributed by atoms with Gasteiger partial charge in [0.05, 0.1) is 11.3 Å². The van der Waals surface area contributed by atoms with Crippen molar-refractivity contribution in [1.29, 1.82) is 0 Å². The van der Waals surface area contributed by atoms with E-state index >= 15 is 0 Å². The predicted octanol–water partition coefficient (Wildman–Crippen LogP) is 3.95. The molecule has 1 aliphatic heterocycles. The molecule has 1 heterocycles. The smallest absolute Gasteiger partial charge is 0.265 e. The predicted molar refractivity (Wildman–Crippen MR) is 106 cm³/mol. The van der Waals surface area contributed by atoms with Crippen molar-refractivity contribution >= 4 is 17.5 Å². The molecule has 0 aromatic heterocycles. The molecule has 0 unspecified atom stereocenters. The van der Waals surface area contributed by atoms with Crippen LogP contribution in [-0.2, 0) is 4.79 Å². The molecule has 1 saturated heterocycles. The monoisotopic (exact) mass is 366 g/mol. The van der Waals surface area contributed by atoms with E-state index in [1.54, 1.807) is 19.1 Å². The molecule has 1 atom stereocenters. The van der Waals surface area contributed by atoms with Crippen LogP contribution in [0.2, 0.25) is 0 Å². The van der Waals surface area contributed by atoms with Gasteiger partial charge in [-0.25, -0.2) is 0 Å². The molecular formula is C22H26N2O3. The topological polar surface area (TPSA) is 58.6 Å². The molecule has 27 heavy (non-hydrogen) atoms. The lowest BCUT2D eigenvalue weighted by molar-refractivity contribution is -0.122. The molecule has 1 aliphatic rings. The lowest BCUT2D eigenvalue weighted by Gasteiger charge is -2.20. The molecule has 2 aromatic carbocycles. The molecule has 2 aromatic rings. The number of amides is 2. The minimum Gasteiger partial charge on any atom is -0.481 e. The highest BCUT2D eigenvalue weighted by atomic mass is 16.5. The molecule has 3 rings (SSSR count). The van der Waals surface area contributed by atoms with Gasteiger partial charge >= 0.3 is 0 Å². The number of anilines is 1. The van der Waals surface area contributed by atoms with Gasteiger partial charge in [0, 0.05) is 13.1 Å². The van der Waals surface area contributed by atoms with E-state index in [0.29, 0.717) is 17.0 Å². The maximum absolute atomic E-state index is 12.7. The molecule has 0 spiro atoms. The number of nitrogens with one attached hydrogen (secondary N) is 1.